The molecule has 1 aliphatic carbocycles. The van der Waals surface area contributed by atoms with E-state index in [0.717, 1.165) is 12.7 Å². The van der Waals surface area contributed by atoms with Crippen molar-refractivity contribution in [3.05, 3.63) is 58.7 Å². The summed E-state index contributed by atoms with van der Waals surface area (Å²) in [4.78, 5) is 0. The predicted molar refractivity (Wildman–Crippen MR) is 68.3 cm³/mol. The van der Waals surface area contributed by atoms with Crippen LogP contribution in [0.25, 0.3) is 11.1 Å². The van der Waals surface area contributed by atoms with Crippen molar-refractivity contribution in [3.8, 4) is 0 Å². The van der Waals surface area contributed by atoms with Crippen molar-refractivity contribution in [2.24, 2.45) is 0 Å². The van der Waals surface area contributed by atoms with Crippen molar-refractivity contribution in [2.45, 2.75) is 20.3 Å². The van der Waals surface area contributed by atoms with Crippen LogP contribution in [0.3, 0.4) is 0 Å². The Balaban J connectivity index is 2.72. The fourth-order valence-corrected chi connectivity index (χ4v) is 2.21. The van der Waals surface area contributed by atoms with Crippen LogP contribution in [0.15, 0.2) is 48.3 Å². The fourth-order valence-electron chi connectivity index (χ4n) is 2.21. The Morgan fingerprint density at radius 3 is 2.50 bits per heavy atom. The van der Waals surface area contributed by atoms with E-state index in [1.807, 2.05) is 6.08 Å². The van der Waals surface area contributed by atoms with Gasteiger partial charge in [-0.25, -0.2) is 0 Å². The van der Waals surface area contributed by atoms with Gasteiger partial charge in [-0.15, -0.1) is 0 Å². The average molecular weight is 212 g/mol. The monoisotopic (exact) mass is 212 g/mol. The second-order valence-corrected chi connectivity index (χ2v) is 4.16. The number of aliphatic hydroxyl groups is 1. The van der Waals surface area contributed by atoms with Gasteiger partial charge in [0.25, 0.3) is 0 Å². The molecule has 0 atom stereocenters. The molecule has 0 heterocycles. The van der Waals surface area contributed by atoms with Gasteiger partial charge < -0.3 is 5.11 Å². The van der Waals surface area contributed by atoms with Gasteiger partial charge >= 0.3 is 0 Å². The van der Waals surface area contributed by atoms with Crippen molar-refractivity contribution in [1.29, 1.82) is 0 Å². The number of rotatable bonds is 1. The molecule has 0 fully saturated rings. The topological polar surface area (TPSA) is 20.2 Å². The summed E-state index contributed by atoms with van der Waals surface area (Å²) in [5.41, 5.74) is 3.97. The molecule has 0 spiro atoms. The highest BCUT2D eigenvalue weighted by Gasteiger charge is 2.08. The Labute approximate surface area is 95.7 Å². The van der Waals surface area contributed by atoms with E-state index >= 15 is 0 Å². The second-order valence-electron chi connectivity index (χ2n) is 4.16. The van der Waals surface area contributed by atoms with Gasteiger partial charge in [0.05, 0.1) is 6.26 Å². The Morgan fingerprint density at radius 1 is 1.12 bits per heavy atom. The van der Waals surface area contributed by atoms with E-state index in [0.29, 0.717) is 0 Å². The maximum absolute atomic E-state index is 8.70. The maximum Gasteiger partial charge on any atom is 0.0791 e. The molecule has 82 valence electrons. The molecule has 0 saturated carbocycles. The van der Waals surface area contributed by atoms with Crippen LogP contribution in [0.5, 0.6) is 0 Å². The van der Waals surface area contributed by atoms with Gasteiger partial charge in [0.2, 0.25) is 0 Å². The highest BCUT2D eigenvalue weighted by molar-refractivity contribution is 5.71. The predicted octanol–water partition coefficient (Wildman–Crippen LogP) is 2.43. The Bertz CT molecular complexity index is 574. The molecule has 0 radical (unpaired) electrons. The molecular formula is C15H16O. The molecule has 1 aliphatic rings. The van der Waals surface area contributed by atoms with Gasteiger partial charge in [-0.1, -0.05) is 35.9 Å². The minimum absolute atomic E-state index is 0.965. The molecule has 2 rings (SSSR count). The molecule has 0 unspecified atom stereocenters. The smallest absolute Gasteiger partial charge is 0.0791 e. The van der Waals surface area contributed by atoms with Gasteiger partial charge in [0.1, 0.15) is 0 Å². The lowest BCUT2D eigenvalue weighted by Gasteiger charge is -2.14. The maximum atomic E-state index is 8.70. The Kier molecular flexibility index (Phi) is 2.95. The molecule has 0 aromatic heterocycles. The minimum atomic E-state index is 0.965. The van der Waals surface area contributed by atoms with E-state index in [2.05, 4.69) is 38.1 Å². The van der Waals surface area contributed by atoms with Crippen LogP contribution in [-0.4, -0.2) is 5.11 Å². The van der Waals surface area contributed by atoms with Gasteiger partial charge in [0.15, 0.2) is 0 Å². The van der Waals surface area contributed by atoms with Crippen molar-refractivity contribution in [1.82, 2.24) is 0 Å². The molecular weight excluding hydrogens is 196 g/mol. The van der Waals surface area contributed by atoms with Crippen LogP contribution in [0.1, 0.15) is 20.3 Å². The molecule has 0 saturated heterocycles. The average Bonchev–Trinajstić information content (AvgIpc) is 2.32. The van der Waals surface area contributed by atoms with Crippen LogP contribution < -0.4 is 10.4 Å². The first-order valence-electron chi connectivity index (χ1n) is 5.50. The van der Waals surface area contributed by atoms with Crippen LogP contribution in [0, 0.1) is 0 Å². The summed E-state index contributed by atoms with van der Waals surface area (Å²) in [7, 11) is 0. The third-order valence-corrected chi connectivity index (χ3v) is 3.11. The normalized spacial score (nSPS) is 18.2. The minimum Gasteiger partial charge on any atom is -0.516 e. The summed E-state index contributed by atoms with van der Waals surface area (Å²) >= 11 is 0. The van der Waals surface area contributed by atoms with Crippen molar-refractivity contribution in [3.63, 3.8) is 0 Å². The Morgan fingerprint density at radius 2 is 1.81 bits per heavy atom. The van der Waals surface area contributed by atoms with Gasteiger partial charge in [-0.2, -0.15) is 0 Å². The second kappa shape index (κ2) is 4.40. The third kappa shape index (κ3) is 1.81. The standard InChI is InChI=1S/C15H16O/c1-11-10-13(6-5-9-16)12(2)15-8-4-3-7-14(11)15/h3-9,16H,10H2,1-2H3/b9-5-,13-6+. The van der Waals surface area contributed by atoms with E-state index in [1.54, 1.807) is 6.08 Å². The molecule has 1 heteroatoms. The summed E-state index contributed by atoms with van der Waals surface area (Å²) in [6, 6.07) is 8.48. The summed E-state index contributed by atoms with van der Waals surface area (Å²) in [5, 5.41) is 11.4. The third-order valence-electron chi connectivity index (χ3n) is 3.11. The molecule has 0 amide bonds. The largest absolute Gasteiger partial charge is 0.516 e. The van der Waals surface area contributed by atoms with E-state index < -0.39 is 0 Å². The SMILES string of the molecule is CC1=c2ccccc2=C(C)/C(=C/C=C\O)C1. The molecule has 0 aliphatic heterocycles. The first kappa shape index (κ1) is 10.7. The van der Waals surface area contributed by atoms with Crippen LogP contribution >= 0.6 is 0 Å². The summed E-state index contributed by atoms with van der Waals surface area (Å²) in [6.45, 7) is 4.31. The van der Waals surface area contributed by atoms with Crippen molar-refractivity contribution in [2.75, 3.05) is 0 Å². The molecule has 1 N–H and O–H groups in total. The van der Waals surface area contributed by atoms with Gasteiger partial charge in [-0.05, 0) is 47.9 Å². The first-order valence-corrected chi connectivity index (χ1v) is 5.50. The zero-order valence-electron chi connectivity index (χ0n) is 9.70. The van der Waals surface area contributed by atoms with E-state index in [-0.39, 0.29) is 0 Å². The lowest BCUT2D eigenvalue weighted by atomic mass is 9.90. The van der Waals surface area contributed by atoms with E-state index in [4.69, 9.17) is 5.11 Å². The molecule has 1 nitrogen and oxygen atoms in total. The lowest BCUT2D eigenvalue weighted by molar-refractivity contribution is 0.473. The fraction of sp³-hybridized carbons (Fsp3) is 0.200. The highest BCUT2D eigenvalue weighted by atomic mass is 16.2. The molecule has 1 aromatic carbocycles. The summed E-state index contributed by atoms with van der Waals surface area (Å²) in [6.07, 6.45) is 5.71. The molecule has 16 heavy (non-hydrogen) atoms. The number of hydrogen-bond donors (Lipinski definition) is 1. The van der Waals surface area contributed by atoms with Crippen LogP contribution in [-0.2, 0) is 0 Å². The number of allylic oxidation sites excluding steroid dienone is 3. The first-order chi connectivity index (χ1) is 7.74. The van der Waals surface area contributed by atoms with Crippen LogP contribution in [0.2, 0.25) is 0 Å². The Hall–Kier alpha value is -1.76. The number of hydrogen-bond acceptors (Lipinski definition) is 1. The highest BCUT2D eigenvalue weighted by Crippen LogP contribution is 2.20. The summed E-state index contributed by atoms with van der Waals surface area (Å²) < 4.78 is 0. The van der Waals surface area contributed by atoms with Crippen molar-refractivity contribution < 1.29 is 5.11 Å². The van der Waals surface area contributed by atoms with E-state index in [1.165, 1.54) is 27.2 Å². The molecule has 0 bridgehead atoms. The number of fused-ring (bicyclic) bond motifs is 1. The lowest BCUT2D eigenvalue weighted by Crippen LogP contribution is -2.31. The van der Waals surface area contributed by atoms with E-state index in [9.17, 15) is 0 Å². The zero-order valence-corrected chi connectivity index (χ0v) is 9.70. The molecule has 1 aromatic rings. The van der Waals surface area contributed by atoms with Crippen molar-refractivity contribution >= 4 is 11.1 Å². The quantitative estimate of drug-likeness (QED) is 0.709. The zero-order chi connectivity index (χ0) is 11.5. The summed E-state index contributed by atoms with van der Waals surface area (Å²) in [5.74, 6) is 0. The van der Waals surface area contributed by atoms with Crippen LogP contribution in [0.4, 0.5) is 0 Å². The van der Waals surface area contributed by atoms with Gasteiger partial charge in [0, 0.05) is 0 Å². The van der Waals surface area contributed by atoms with Gasteiger partial charge in [-0.3, -0.25) is 0 Å². The number of benzene rings is 1. The number of aliphatic hydroxyl groups excluding tert-OH is 1.